The SMILES string of the molecule is OCc1c[nH]c2c(NCc3ccccc3)ncnc12. The Kier molecular flexibility index (Phi) is 3.12. The molecule has 0 spiro atoms. The molecule has 0 saturated heterocycles. The van der Waals surface area contributed by atoms with E-state index in [1.54, 1.807) is 6.20 Å². The second kappa shape index (κ2) is 5.07. The number of hydrogen-bond acceptors (Lipinski definition) is 4. The van der Waals surface area contributed by atoms with E-state index >= 15 is 0 Å². The first-order chi connectivity index (χ1) is 9.38. The lowest BCUT2D eigenvalue weighted by Gasteiger charge is -2.06. The first kappa shape index (κ1) is 11.7. The monoisotopic (exact) mass is 254 g/mol. The van der Waals surface area contributed by atoms with Crippen LogP contribution < -0.4 is 5.32 Å². The fraction of sp³-hybridized carbons (Fsp3) is 0.143. The lowest BCUT2D eigenvalue weighted by atomic mass is 10.2. The number of aromatic amines is 1. The molecule has 0 aliphatic heterocycles. The number of rotatable bonds is 4. The van der Waals surface area contributed by atoms with E-state index in [2.05, 4.69) is 32.4 Å². The molecule has 0 unspecified atom stereocenters. The smallest absolute Gasteiger partial charge is 0.154 e. The predicted octanol–water partition coefficient (Wildman–Crippen LogP) is 2.06. The van der Waals surface area contributed by atoms with Crippen molar-refractivity contribution in [2.75, 3.05) is 5.32 Å². The van der Waals surface area contributed by atoms with Crippen molar-refractivity contribution in [1.29, 1.82) is 0 Å². The highest BCUT2D eigenvalue weighted by atomic mass is 16.3. The number of H-pyrrole nitrogens is 1. The molecule has 0 amide bonds. The van der Waals surface area contributed by atoms with E-state index in [1.807, 2.05) is 18.2 Å². The molecule has 1 aromatic carbocycles. The first-order valence-corrected chi connectivity index (χ1v) is 6.08. The summed E-state index contributed by atoms with van der Waals surface area (Å²) in [4.78, 5) is 11.5. The molecule has 19 heavy (non-hydrogen) atoms. The lowest BCUT2D eigenvalue weighted by molar-refractivity contribution is 0.283. The Labute approximate surface area is 110 Å². The molecule has 5 heteroatoms. The fourth-order valence-electron chi connectivity index (χ4n) is 2.03. The summed E-state index contributed by atoms with van der Waals surface area (Å²) >= 11 is 0. The number of nitrogens with zero attached hydrogens (tertiary/aromatic N) is 2. The molecule has 0 aliphatic carbocycles. The van der Waals surface area contributed by atoms with Crippen molar-refractivity contribution in [2.24, 2.45) is 0 Å². The van der Waals surface area contributed by atoms with Gasteiger partial charge in [0.2, 0.25) is 0 Å². The summed E-state index contributed by atoms with van der Waals surface area (Å²) in [6.45, 7) is 0.662. The normalized spacial score (nSPS) is 10.8. The number of aliphatic hydroxyl groups excluding tert-OH is 1. The standard InChI is InChI=1S/C14H14N4O/c19-8-11-7-15-13-12(11)17-9-18-14(13)16-6-10-4-2-1-3-5-10/h1-5,7,9,15,19H,6,8H2,(H,16,17,18). The van der Waals surface area contributed by atoms with Gasteiger partial charge in [-0.2, -0.15) is 0 Å². The molecule has 0 saturated carbocycles. The highest BCUT2D eigenvalue weighted by Gasteiger charge is 2.08. The van der Waals surface area contributed by atoms with E-state index in [0.717, 1.165) is 22.4 Å². The van der Waals surface area contributed by atoms with Crippen molar-refractivity contribution in [1.82, 2.24) is 15.0 Å². The van der Waals surface area contributed by atoms with Crippen LogP contribution in [0.4, 0.5) is 5.82 Å². The molecule has 3 rings (SSSR count). The van der Waals surface area contributed by atoms with Crippen molar-refractivity contribution in [2.45, 2.75) is 13.2 Å². The number of nitrogens with one attached hydrogen (secondary N) is 2. The quantitative estimate of drug-likeness (QED) is 0.666. The molecule has 2 aromatic heterocycles. The number of aliphatic hydroxyl groups is 1. The maximum Gasteiger partial charge on any atom is 0.154 e. The fourth-order valence-corrected chi connectivity index (χ4v) is 2.03. The average molecular weight is 254 g/mol. The van der Waals surface area contributed by atoms with Gasteiger partial charge in [0, 0.05) is 18.3 Å². The second-order valence-electron chi connectivity index (χ2n) is 4.26. The molecule has 0 aliphatic rings. The zero-order chi connectivity index (χ0) is 13.1. The zero-order valence-corrected chi connectivity index (χ0v) is 10.3. The van der Waals surface area contributed by atoms with Gasteiger partial charge >= 0.3 is 0 Å². The largest absolute Gasteiger partial charge is 0.392 e. The van der Waals surface area contributed by atoms with E-state index in [1.165, 1.54) is 11.9 Å². The molecule has 3 aromatic rings. The summed E-state index contributed by atoms with van der Waals surface area (Å²) in [7, 11) is 0. The first-order valence-electron chi connectivity index (χ1n) is 6.08. The molecule has 0 radical (unpaired) electrons. The van der Waals surface area contributed by atoms with Crippen LogP contribution in [0.3, 0.4) is 0 Å². The van der Waals surface area contributed by atoms with Crippen LogP contribution in [-0.2, 0) is 13.2 Å². The lowest BCUT2D eigenvalue weighted by Crippen LogP contribution is -2.02. The van der Waals surface area contributed by atoms with E-state index in [9.17, 15) is 5.11 Å². The van der Waals surface area contributed by atoms with Crippen LogP contribution in [0.2, 0.25) is 0 Å². The number of benzene rings is 1. The minimum absolute atomic E-state index is 0.0326. The number of anilines is 1. The van der Waals surface area contributed by atoms with Gasteiger partial charge in [0.1, 0.15) is 11.8 Å². The third-order valence-corrected chi connectivity index (χ3v) is 3.02. The third kappa shape index (κ3) is 2.28. The molecule has 3 N–H and O–H groups in total. The van der Waals surface area contributed by atoms with Crippen molar-refractivity contribution in [3.63, 3.8) is 0 Å². The number of aromatic nitrogens is 3. The van der Waals surface area contributed by atoms with Crippen LogP contribution >= 0.6 is 0 Å². The van der Waals surface area contributed by atoms with E-state index in [-0.39, 0.29) is 6.61 Å². The van der Waals surface area contributed by atoms with Gasteiger partial charge in [0.25, 0.3) is 0 Å². The molecule has 96 valence electrons. The van der Waals surface area contributed by atoms with E-state index in [4.69, 9.17) is 0 Å². The Hall–Kier alpha value is -2.40. The zero-order valence-electron chi connectivity index (χ0n) is 10.3. The third-order valence-electron chi connectivity index (χ3n) is 3.02. The van der Waals surface area contributed by atoms with Gasteiger partial charge in [0.15, 0.2) is 5.82 Å². The van der Waals surface area contributed by atoms with Crippen molar-refractivity contribution >= 4 is 16.9 Å². The van der Waals surface area contributed by atoms with Crippen LogP contribution in [-0.4, -0.2) is 20.1 Å². The van der Waals surface area contributed by atoms with Crippen LogP contribution in [0.15, 0.2) is 42.9 Å². The Balaban J connectivity index is 1.87. The van der Waals surface area contributed by atoms with Gasteiger partial charge in [-0.15, -0.1) is 0 Å². The molecule has 0 fully saturated rings. The highest BCUT2D eigenvalue weighted by Crippen LogP contribution is 2.21. The molecule has 5 nitrogen and oxygen atoms in total. The predicted molar refractivity (Wildman–Crippen MR) is 73.6 cm³/mol. The minimum Gasteiger partial charge on any atom is -0.392 e. The van der Waals surface area contributed by atoms with Gasteiger partial charge in [-0.05, 0) is 5.56 Å². The maximum atomic E-state index is 9.22. The highest BCUT2D eigenvalue weighted by molar-refractivity contribution is 5.87. The van der Waals surface area contributed by atoms with Gasteiger partial charge < -0.3 is 15.4 Å². The number of fused-ring (bicyclic) bond motifs is 1. The molecule has 2 heterocycles. The van der Waals surface area contributed by atoms with Crippen molar-refractivity contribution in [3.8, 4) is 0 Å². The summed E-state index contributed by atoms with van der Waals surface area (Å²) < 4.78 is 0. The molecular formula is C14H14N4O. The minimum atomic E-state index is -0.0326. The van der Waals surface area contributed by atoms with Gasteiger partial charge in [-0.1, -0.05) is 30.3 Å². The van der Waals surface area contributed by atoms with Crippen LogP contribution in [0.1, 0.15) is 11.1 Å². The Bertz CT molecular complexity index is 678. The second-order valence-corrected chi connectivity index (χ2v) is 4.26. The van der Waals surface area contributed by atoms with Crippen molar-refractivity contribution < 1.29 is 5.11 Å². The summed E-state index contributed by atoms with van der Waals surface area (Å²) in [6, 6.07) is 10.1. The molecular weight excluding hydrogens is 240 g/mol. The average Bonchev–Trinajstić information content (AvgIpc) is 2.90. The van der Waals surface area contributed by atoms with E-state index in [0.29, 0.717) is 6.54 Å². The summed E-state index contributed by atoms with van der Waals surface area (Å²) in [5.41, 5.74) is 3.54. The Morgan fingerprint density at radius 1 is 1.16 bits per heavy atom. The maximum absolute atomic E-state index is 9.22. The van der Waals surface area contributed by atoms with Crippen molar-refractivity contribution in [3.05, 3.63) is 54.0 Å². The molecule has 0 atom stereocenters. The van der Waals surface area contributed by atoms with Crippen LogP contribution in [0.5, 0.6) is 0 Å². The summed E-state index contributed by atoms with van der Waals surface area (Å²) in [5.74, 6) is 0.744. The Morgan fingerprint density at radius 3 is 2.79 bits per heavy atom. The van der Waals surface area contributed by atoms with Gasteiger partial charge in [-0.25, -0.2) is 9.97 Å². The summed E-state index contributed by atoms with van der Waals surface area (Å²) in [5, 5.41) is 12.5. The number of hydrogen-bond donors (Lipinski definition) is 3. The Morgan fingerprint density at radius 2 is 2.00 bits per heavy atom. The summed E-state index contributed by atoms with van der Waals surface area (Å²) in [6.07, 6.45) is 3.26. The molecule has 0 bridgehead atoms. The van der Waals surface area contributed by atoms with Crippen LogP contribution in [0, 0.1) is 0 Å². The van der Waals surface area contributed by atoms with Gasteiger partial charge in [0.05, 0.1) is 12.1 Å². The van der Waals surface area contributed by atoms with E-state index < -0.39 is 0 Å². The van der Waals surface area contributed by atoms with Crippen LogP contribution in [0.25, 0.3) is 11.0 Å². The topological polar surface area (TPSA) is 73.8 Å². The van der Waals surface area contributed by atoms with Gasteiger partial charge in [-0.3, -0.25) is 0 Å².